The maximum Gasteiger partial charge on any atom is 0.270 e. The van der Waals surface area contributed by atoms with Crippen molar-refractivity contribution in [2.24, 2.45) is 0 Å². The highest BCUT2D eigenvalue weighted by Crippen LogP contribution is 2.21. The third-order valence-corrected chi connectivity index (χ3v) is 3.71. The number of fused-ring (bicyclic) bond motifs is 1. The molecule has 0 spiro atoms. The molecule has 0 aliphatic carbocycles. The fraction of sp³-hybridized carbons (Fsp3) is 0.188. The molecule has 1 atom stereocenters. The summed E-state index contributed by atoms with van der Waals surface area (Å²) >= 11 is 0. The minimum atomic E-state index is -0.294. The molecule has 0 saturated heterocycles. The predicted molar refractivity (Wildman–Crippen MR) is 85.0 cm³/mol. The number of carbonyl (C=O) groups excluding carboxylic acids is 1. The quantitative estimate of drug-likeness (QED) is 0.756. The Balaban J connectivity index is 1.53. The van der Waals surface area contributed by atoms with Gasteiger partial charge >= 0.3 is 0 Å². The number of rotatable bonds is 4. The van der Waals surface area contributed by atoms with Crippen LogP contribution in [0.25, 0.3) is 11.4 Å². The van der Waals surface area contributed by atoms with E-state index in [2.05, 4.69) is 30.7 Å². The SMILES string of the molecule is CC(Nc1ncc2c(n1)C(=O)NC2)c1nc(-c2ccccc2)no1. The van der Waals surface area contributed by atoms with Crippen LogP contribution in [0.15, 0.2) is 41.1 Å². The van der Waals surface area contributed by atoms with Crippen LogP contribution < -0.4 is 10.6 Å². The molecule has 1 aromatic carbocycles. The van der Waals surface area contributed by atoms with E-state index in [1.54, 1.807) is 6.20 Å². The number of amides is 1. The van der Waals surface area contributed by atoms with Crippen molar-refractivity contribution in [2.45, 2.75) is 19.5 Å². The molecule has 1 aliphatic heterocycles. The minimum Gasteiger partial charge on any atom is -0.346 e. The van der Waals surface area contributed by atoms with Gasteiger partial charge in [0.15, 0.2) is 0 Å². The molecule has 0 radical (unpaired) electrons. The molecule has 24 heavy (non-hydrogen) atoms. The number of anilines is 1. The van der Waals surface area contributed by atoms with Crippen LogP contribution in [-0.4, -0.2) is 26.0 Å². The van der Waals surface area contributed by atoms with Crippen molar-refractivity contribution < 1.29 is 9.32 Å². The molecule has 4 rings (SSSR count). The first-order valence-electron chi connectivity index (χ1n) is 7.50. The monoisotopic (exact) mass is 322 g/mol. The van der Waals surface area contributed by atoms with Gasteiger partial charge in [0, 0.05) is 23.9 Å². The normalized spacial score (nSPS) is 14.1. The topological polar surface area (TPSA) is 106 Å². The molecular weight excluding hydrogens is 308 g/mol. The zero-order valence-electron chi connectivity index (χ0n) is 12.9. The van der Waals surface area contributed by atoms with Crippen LogP contribution in [0.4, 0.5) is 5.95 Å². The summed E-state index contributed by atoms with van der Waals surface area (Å²) in [5.41, 5.74) is 2.07. The fourth-order valence-corrected chi connectivity index (χ4v) is 2.43. The Kier molecular flexibility index (Phi) is 3.42. The van der Waals surface area contributed by atoms with Crippen LogP contribution in [-0.2, 0) is 6.54 Å². The van der Waals surface area contributed by atoms with Crippen LogP contribution >= 0.6 is 0 Å². The highest BCUT2D eigenvalue weighted by atomic mass is 16.5. The van der Waals surface area contributed by atoms with E-state index in [4.69, 9.17) is 4.52 Å². The highest BCUT2D eigenvalue weighted by molar-refractivity contribution is 5.96. The lowest BCUT2D eigenvalue weighted by Crippen LogP contribution is -2.15. The lowest BCUT2D eigenvalue weighted by molar-refractivity contribution is 0.0961. The summed E-state index contributed by atoms with van der Waals surface area (Å²) in [5.74, 6) is 1.10. The van der Waals surface area contributed by atoms with Crippen LogP contribution in [0.5, 0.6) is 0 Å². The largest absolute Gasteiger partial charge is 0.346 e. The molecule has 1 unspecified atom stereocenters. The molecular formula is C16H14N6O2. The molecule has 8 heteroatoms. The highest BCUT2D eigenvalue weighted by Gasteiger charge is 2.22. The van der Waals surface area contributed by atoms with E-state index in [0.717, 1.165) is 11.1 Å². The third-order valence-electron chi connectivity index (χ3n) is 3.71. The second-order valence-electron chi connectivity index (χ2n) is 5.44. The van der Waals surface area contributed by atoms with Crippen LogP contribution in [0.1, 0.15) is 34.9 Å². The van der Waals surface area contributed by atoms with E-state index < -0.39 is 0 Å². The number of carbonyl (C=O) groups is 1. The van der Waals surface area contributed by atoms with Gasteiger partial charge in [-0.05, 0) is 6.92 Å². The number of hydrogen-bond donors (Lipinski definition) is 2. The Morgan fingerprint density at radius 1 is 1.25 bits per heavy atom. The number of benzene rings is 1. The summed E-state index contributed by atoms with van der Waals surface area (Å²) in [6.07, 6.45) is 1.64. The average Bonchev–Trinajstić information content (AvgIpc) is 3.24. The van der Waals surface area contributed by atoms with Gasteiger partial charge in [0.2, 0.25) is 17.7 Å². The smallest absolute Gasteiger partial charge is 0.270 e. The number of nitrogens with zero attached hydrogens (tertiary/aromatic N) is 4. The molecule has 3 aromatic rings. The Morgan fingerprint density at radius 3 is 2.92 bits per heavy atom. The molecule has 2 aromatic heterocycles. The molecule has 0 saturated carbocycles. The van der Waals surface area contributed by atoms with Gasteiger partial charge < -0.3 is 15.2 Å². The molecule has 1 amide bonds. The van der Waals surface area contributed by atoms with Gasteiger partial charge in [-0.15, -0.1) is 0 Å². The summed E-state index contributed by atoms with van der Waals surface area (Å²) in [7, 11) is 0. The fourth-order valence-electron chi connectivity index (χ4n) is 2.43. The minimum absolute atomic E-state index is 0.188. The first kappa shape index (κ1) is 14.3. The summed E-state index contributed by atoms with van der Waals surface area (Å²) in [6, 6.07) is 9.28. The molecule has 0 fully saturated rings. The molecule has 8 nitrogen and oxygen atoms in total. The molecule has 0 bridgehead atoms. The second-order valence-corrected chi connectivity index (χ2v) is 5.44. The van der Waals surface area contributed by atoms with Crippen molar-refractivity contribution in [3.63, 3.8) is 0 Å². The summed E-state index contributed by atoms with van der Waals surface area (Å²) in [4.78, 5) is 24.5. The standard InChI is InChI=1S/C16H14N6O2/c1-9(15-21-13(22-24-15)10-5-3-2-4-6-10)19-16-18-8-11-7-17-14(23)12(11)20-16/h2-6,8-9H,7H2,1H3,(H,17,23)(H,18,19,20). The zero-order valence-corrected chi connectivity index (χ0v) is 12.9. The number of hydrogen-bond acceptors (Lipinski definition) is 7. The van der Waals surface area contributed by atoms with Gasteiger partial charge in [-0.3, -0.25) is 4.79 Å². The van der Waals surface area contributed by atoms with Crippen molar-refractivity contribution in [3.8, 4) is 11.4 Å². The average molecular weight is 322 g/mol. The van der Waals surface area contributed by atoms with Crippen LogP contribution in [0.2, 0.25) is 0 Å². The van der Waals surface area contributed by atoms with Gasteiger partial charge in [-0.25, -0.2) is 9.97 Å². The van der Waals surface area contributed by atoms with Gasteiger partial charge in [0.05, 0.1) is 0 Å². The predicted octanol–water partition coefficient (Wildman–Crippen LogP) is 1.94. The first-order chi connectivity index (χ1) is 11.7. The number of aromatic nitrogens is 4. The van der Waals surface area contributed by atoms with Crippen molar-refractivity contribution in [1.82, 2.24) is 25.4 Å². The maximum atomic E-state index is 11.7. The first-order valence-corrected chi connectivity index (χ1v) is 7.50. The van der Waals surface area contributed by atoms with Crippen LogP contribution in [0.3, 0.4) is 0 Å². The molecule has 2 N–H and O–H groups in total. The molecule has 3 heterocycles. The Labute approximate surface area is 137 Å². The van der Waals surface area contributed by atoms with E-state index in [0.29, 0.717) is 29.9 Å². The van der Waals surface area contributed by atoms with Crippen molar-refractivity contribution in [3.05, 3.63) is 53.7 Å². The van der Waals surface area contributed by atoms with E-state index >= 15 is 0 Å². The lowest BCUT2D eigenvalue weighted by Gasteiger charge is -2.09. The van der Waals surface area contributed by atoms with Gasteiger partial charge in [-0.2, -0.15) is 4.98 Å². The summed E-state index contributed by atoms with van der Waals surface area (Å²) in [5, 5.41) is 9.77. The summed E-state index contributed by atoms with van der Waals surface area (Å²) in [6.45, 7) is 2.33. The van der Waals surface area contributed by atoms with Gasteiger partial charge in [-0.1, -0.05) is 35.5 Å². The van der Waals surface area contributed by atoms with E-state index in [9.17, 15) is 4.79 Å². The van der Waals surface area contributed by atoms with E-state index in [-0.39, 0.29) is 11.9 Å². The Morgan fingerprint density at radius 2 is 2.08 bits per heavy atom. The van der Waals surface area contributed by atoms with Crippen molar-refractivity contribution >= 4 is 11.9 Å². The van der Waals surface area contributed by atoms with Crippen LogP contribution in [0, 0.1) is 0 Å². The summed E-state index contributed by atoms with van der Waals surface area (Å²) < 4.78 is 5.31. The Hall–Kier alpha value is -3.29. The van der Waals surface area contributed by atoms with E-state index in [1.807, 2.05) is 37.3 Å². The number of nitrogens with one attached hydrogen (secondary N) is 2. The van der Waals surface area contributed by atoms with Gasteiger partial charge in [0.1, 0.15) is 11.7 Å². The third kappa shape index (κ3) is 2.58. The molecule has 120 valence electrons. The van der Waals surface area contributed by atoms with Gasteiger partial charge in [0.25, 0.3) is 5.91 Å². The van der Waals surface area contributed by atoms with E-state index in [1.165, 1.54) is 0 Å². The Bertz CT molecular complexity index is 893. The zero-order chi connectivity index (χ0) is 16.5. The maximum absolute atomic E-state index is 11.7. The second kappa shape index (κ2) is 5.73. The van der Waals surface area contributed by atoms with Crippen molar-refractivity contribution in [2.75, 3.05) is 5.32 Å². The molecule has 1 aliphatic rings. The lowest BCUT2D eigenvalue weighted by atomic mass is 10.2. The van der Waals surface area contributed by atoms with Crippen molar-refractivity contribution in [1.29, 1.82) is 0 Å².